The fraction of sp³-hybridized carbons (Fsp3) is 0.0185. The molecule has 0 radical (unpaired) electrons. The minimum Gasteiger partial charge on any atom is -0.456 e. The zero-order valence-electron chi connectivity index (χ0n) is 30.4. The Morgan fingerprint density at radius 3 is 1.79 bits per heavy atom. The molecule has 0 saturated carbocycles. The van der Waals surface area contributed by atoms with Crippen molar-refractivity contribution in [1.29, 1.82) is 0 Å². The molecular weight excluding hydrogens is 679 g/mol. The van der Waals surface area contributed by atoms with E-state index in [9.17, 15) is 0 Å². The summed E-state index contributed by atoms with van der Waals surface area (Å²) >= 11 is 0. The molecule has 260 valence electrons. The quantitative estimate of drug-likeness (QED) is 0.182. The van der Waals surface area contributed by atoms with E-state index in [1.54, 1.807) is 0 Å². The summed E-state index contributed by atoms with van der Waals surface area (Å²) in [4.78, 5) is 5.29. The van der Waals surface area contributed by atoms with Crippen LogP contribution in [-0.2, 0) is 5.41 Å². The summed E-state index contributed by atoms with van der Waals surface area (Å²) in [7, 11) is 0. The number of hydrogen-bond donors (Lipinski definition) is 0. The lowest BCUT2D eigenvalue weighted by atomic mass is 9.70. The first-order valence-corrected chi connectivity index (χ1v) is 19.3. The summed E-state index contributed by atoms with van der Waals surface area (Å²) in [6, 6.07) is 72.3. The van der Waals surface area contributed by atoms with E-state index < -0.39 is 5.41 Å². The molecule has 0 bridgehead atoms. The Balaban J connectivity index is 1.09. The van der Waals surface area contributed by atoms with Crippen molar-refractivity contribution >= 4 is 21.7 Å². The van der Waals surface area contributed by atoms with E-state index in [1.165, 1.54) is 49.7 Å². The molecule has 1 spiro atoms. The Kier molecular flexibility index (Phi) is 6.58. The fourth-order valence-corrected chi connectivity index (χ4v) is 9.78. The summed E-state index contributed by atoms with van der Waals surface area (Å²) in [5, 5.41) is 3.56. The number of nitrogens with zero attached hydrogens (tertiary/aromatic N) is 1. The van der Waals surface area contributed by atoms with Crippen LogP contribution in [0.25, 0.3) is 89.0 Å². The van der Waals surface area contributed by atoms with Crippen LogP contribution in [-0.4, -0.2) is 4.98 Å². The Morgan fingerprint density at radius 1 is 0.375 bits per heavy atom. The van der Waals surface area contributed by atoms with Crippen LogP contribution in [0.15, 0.2) is 205 Å². The van der Waals surface area contributed by atoms with Gasteiger partial charge in [0.1, 0.15) is 11.3 Å². The predicted octanol–water partition coefficient (Wildman–Crippen LogP) is 14.0. The van der Waals surface area contributed by atoms with E-state index in [-0.39, 0.29) is 0 Å². The number of rotatable bonds is 4. The van der Waals surface area contributed by atoms with E-state index in [0.29, 0.717) is 0 Å². The third-order valence-corrected chi connectivity index (χ3v) is 12.1. The molecule has 0 saturated heterocycles. The molecule has 2 aliphatic rings. The molecule has 2 aliphatic carbocycles. The SMILES string of the molecule is c1ccc(-c2cc(-c3cccc(-c4cccc5c4-c4oc6ccccc6c4C54c5ccccc5-c5ccccc54)c3)cc(-c3cccc4ccccc34)n2)cc1. The minimum atomic E-state index is -0.499. The van der Waals surface area contributed by atoms with Crippen molar-refractivity contribution in [3.8, 4) is 67.2 Å². The lowest BCUT2D eigenvalue weighted by molar-refractivity contribution is 0.629. The molecule has 2 aromatic heterocycles. The maximum absolute atomic E-state index is 6.99. The molecule has 0 aliphatic heterocycles. The van der Waals surface area contributed by atoms with Gasteiger partial charge in [-0.05, 0) is 85.1 Å². The van der Waals surface area contributed by atoms with E-state index in [2.05, 4.69) is 200 Å². The largest absolute Gasteiger partial charge is 0.456 e. The predicted molar refractivity (Wildman–Crippen MR) is 230 cm³/mol. The lowest BCUT2D eigenvalue weighted by Gasteiger charge is -2.30. The van der Waals surface area contributed by atoms with Crippen molar-refractivity contribution in [2.24, 2.45) is 0 Å². The average molecular weight is 712 g/mol. The third-order valence-electron chi connectivity index (χ3n) is 12.1. The molecule has 0 amide bonds. The monoisotopic (exact) mass is 711 g/mol. The number of pyridine rings is 1. The van der Waals surface area contributed by atoms with Crippen molar-refractivity contribution in [3.63, 3.8) is 0 Å². The summed E-state index contributed by atoms with van der Waals surface area (Å²) in [5.41, 5.74) is 18.0. The van der Waals surface area contributed by atoms with Crippen molar-refractivity contribution in [3.05, 3.63) is 222 Å². The molecule has 0 N–H and O–H groups in total. The van der Waals surface area contributed by atoms with E-state index in [1.807, 2.05) is 0 Å². The van der Waals surface area contributed by atoms with Crippen LogP contribution in [0.5, 0.6) is 0 Å². The van der Waals surface area contributed by atoms with Gasteiger partial charge in [-0.1, -0.05) is 176 Å². The normalized spacial score (nSPS) is 13.1. The molecule has 0 unspecified atom stereocenters. The molecule has 12 rings (SSSR count). The van der Waals surface area contributed by atoms with Crippen LogP contribution >= 0.6 is 0 Å². The van der Waals surface area contributed by atoms with Gasteiger partial charge in [-0.3, -0.25) is 0 Å². The average Bonchev–Trinajstić information content (AvgIpc) is 3.90. The highest BCUT2D eigenvalue weighted by Crippen LogP contribution is 2.66. The number of hydrogen-bond acceptors (Lipinski definition) is 2. The molecule has 2 heteroatoms. The first-order valence-electron chi connectivity index (χ1n) is 19.3. The molecule has 2 nitrogen and oxygen atoms in total. The van der Waals surface area contributed by atoms with Gasteiger partial charge in [0.15, 0.2) is 0 Å². The molecule has 0 atom stereocenters. The summed E-state index contributed by atoms with van der Waals surface area (Å²) in [5.74, 6) is 0.960. The summed E-state index contributed by atoms with van der Waals surface area (Å²) < 4.78 is 6.99. The molecule has 8 aromatic carbocycles. The topological polar surface area (TPSA) is 26.0 Å². The smallest absolute Gasteiger partial charge is 0.141 e. The van der Waals surface area contributed by atoms with Crippen LogP contribution < -0.4 is 0 Å². The van der Waals surface area contributed by atoms with Gasteiger partial charge in [0.05, 0.1) is 16.8 Å². The van der Waals surface area contributed by atoms with Gasteiger partial charge in [-0.15, -0.1) is 0 Å². The maximum Gasteiger partial charge on any atom is 0.141 e. The number of aromatic nitrogens is 1. The zero-order valence-corrected chi connectivity index (χ0v) is 30.4. The highest BCUT2D eigenvalue weighted by Gasteiger charge is 2.54. The third kappa shape index (κ3) is 4.30. The summed E-state index contributed by atoms with van der Waals surface area (Å²) in [6.45, 7) is 0. The van der Waals surface area contributed by atoms with Gasteiger partial charge in [0.25, 0.3) is 0 Å². The van der Waals surface area contributed by atoms with E-state index >= 15 is 0 Å². The molecule has 56 heavy (non-hydrogen) atoms. The lowest BCUT2D eigenvalue weighted by Crippen LogP contribution is -2.25. The highest BCUT2D eigenvalue weighted by atomic mass is 16.3. The number of furan rings is 1. The molecule has 0 fully saturated rings. The highest BCUT2D eigenvalue weighted by molar-refractivity contribution is 6.05. The fourth-order valence-electron chi connectivity index (χ4n) is 9.78. The maximum atomic E-state index is 6.99. The molecular formula is C54H33NO. The van der Waals surface area contributed by atoms with Crippen LogP contribution in [0.2, 0.25) is 0 Å². The second-order valence-electron chi connectivity index (χ2n) is 15.0. The van der Waals surface area contributed by atoms with Crippen molar-refractivity contribution < 1.29 is 4.42 Å². The van der Waals surface area contributed by atoms with Crippen LogP contribution in [0, 0.1) is 0 Å². The Hall–Kier alpha value is -7.29. The number of benzene rings is 8. The van der Waals surface area contributed by atoms with Gasteiger partial charge in [0.2, 0.25) is 0 Å². The van der Waals surface area contributed by atoms with Crippen LogP contribution in [0.4, 0.5) is 0 Å². The van der Waals surface area contributed by atoms with E-state index in [4.69, 9.17) is 9.40 Å². The molecule has 2 heterocycles. The van der Waals surface area contributed by atoms with Crippen LogP contribution in [0.1, 0.15) is 22.3 Å². The molecule has 10 aromatic rings. The van der Waals surface area contributed by atoms with Gasteiger partial charge >= 0.3 is 0 Å². The Morgan fingerprint density at radius 2 is 0.946 bits per heavy atom. The standard InChI is InChI=1S/C54H33NO/c1-2-16-35(17-3-1)48-32-38(33-49(55-48)43-26-13-18-34-15-4-5-21-39(34)43)36-19-12-20-37(31-36)40-25-14-29-47-51(40)53-52(44-24-8-11-30-50(44)56-53)54(47)45-27-9-6-22-41(45)42-23-7-10-28-46(42)54/h1-33H. The number of fused-ring (bicyclic) bond motifs is 13. The van der Waals surface area contributed by atoms with Gasteiger partial charge in [-0.25, -0.2) is 4.98 Å². The second-order valence-corrected chi connectivity index (χ2v) is 15.0. The van der Waals surface area contributed by atoms with Gasteiger partial charge in [0, 0.05) is 27.6 Å². The van der Waals surface area contributed by atoms with Crippen molar-refractivity contribution in [1.82, 2.24) is 4.98 Å². The van der Waals surface area contributed by atoms with Crippen molar-refractivity contribution in [2.75, 3.05) is 0 Å². The zero-order chi connectivity index (χ0) is 36.8. The van der Waals surface area contributed by atoms with Crippen LogP contribution in [0.3, 0.4) is 0 Å². The first kappa shape index (κ1) is 31.1. The van der Waals surface area contributed by atoms with Gasteiger partial charge in [-0.2, -0.15) is 0 Å². The Bertz CT molecular complexity index is 3150. The number of para-hydroxylation sites is 1. The minimum absolute atomic E-state index is 0.499. The van der Waals surface area contributed by atoms with E-state index in [0.717, 1.165) is 61.5 Å². The van der Waals surface area contributed by atoms with Crippen molar-refractivity contribution in [2.45, 2.75) is 5.41 Å². The second kappa shape index (κ2) is 11.9. The first-order chi connectivity index (χ1) is 27.8. The Labute approximate surface area is 325 Å². The summed E-state index contributed by atoms with van der Waals surface area (Å²) in [6.07, 6.45) is 0. The van der Waals surface area contributed by atoms with Gasteiger partial charge < -0.3 is 4.42 Å².